The molecule has 4 nitrogen and oxygen atoms in total. The summed E-state index contributed by atoms with van der Waals surface area (Å²) in [6.45, 7) is 4.87. The third kappa shape index (κ3) is 2.52. The van der Waals surface area contributed by atoms with Gasteiger partial charge in [-0.3, -0.25) is 4.68 Å². The lowest BCUT2D eigenvalue weighted by Gasteiger charge is -2.11. The Labute approximate surface area is 115 Å². The van der Waals surface area contributed by atoms with Gasteiger partial charge in [0.15, 0.2) is 6.10 Å². The molecule has 1 N–H and O–H groups in total. The Kier molecular flexibility index (Phi) is 4.24. The van der Waals surface area contributed by atoms with Gasteiger partial charge in [0, 0.05) is 13.0 Å². The van der Waals surface area contributed by atoms with Crippen molar-refractivity contribution in [2.75, 3.05) is 0 Å². The summed E-state index contributed by atoms with van der Waals surface area (Å²) in [5, 5.41) is 14.6. The van der Waals surface area contributed by atoms with Crippen molar-refractivity contribution in [1.82, 2.24) is 9.78 Å². The molecule has 0 fully saturated rings. The maximum Gasteiger partial charge on any atom is 0.154 e. The summed E-state index contributed by atoms with van der Waals surface area (Å²) < 4.78 is 8.21. The normalized spacial score (nSPS) is 12.9. The van der Waals surface area contributed by atoms with E-state index in [4.69, 9.17) is 4.42 Å². The zero-order valence-electron chi connectivity index (χ0n) is 10.6. The fourth-order valence-electron chi connectivity index (χ4n) is 1.90. The highest BCUT2D eigenvalue weighted by Gasteiger charge is 2.22. The highest BCUT2D eigenvalue weighted by Crippen LogP contribution is 2.29. The van der Waals surface area contributed by atoms with Crippen molar-refractivity contribution in [1.29, 1.82) is 0 Å². The minimum atomic E-state index is -0.784. The summed E-state index contributed by atoms with van der Waals surface area (Å²) in [4.78, 5) is 0. The lowest BCUT2D eigenvalue weighted by atomic mass is 10.2. The van der Waals surface area contributed by atoms with Crippen LogP contribution in [0.2, 0.25) is 0 Å². The van der Waals surface area contributed by atoms with Gasteiger partial charge in [0.1, 0.15) is 11.5 Å². The van der Waals surface area contributed by atoms with Gasteiger partial charge in [0.2, 0.25) is 0 Å². The minimum Gasteiger partial charge on any atom is -0.463 e. The summed E-state index contributed by atoms with van der Waals surface area (Å²) in [5.74, 6) is 1.44. The van der Waals surface area contributed by atoms with E-state index < -0.39 is 6.10 Å². The first-order chi connectivity index (χ1) is 8.67. The third-order valence-corrected chi connectivity index (χ3v) is 3.44. The first-order valence-corrected chi connectivity index (χ1v) is 6.94. The number of nitrogens with zero attached hydrogens (tertiary/aromatic N) is 2. The van der Waals surface area contributed by atoms with E-state index in [0.717, 1.165) is 35.3 Å². The van der Waals surface area contributed by atoms with Gasteiger partial charge >= 0.3 is 0 Å². The molecular formula is C13H17BrN2O2. The molecule has 0 aliphatic rings. The number of aliphatic hydroxyl groups is 1. The lowest BCUT2D eigenvalue weighted by molar-refractivity contribution is 0.175. The van der Waals surface area contributed by atoms with Gasteiger partial charge in [-0.25, -0.2) is 0 Å². The second-order valence-corrected chi connectivity index (χ2v) is 5.02. The number of aryl methyl sites for hydroxylation is 2. The van der Waals surface area contributed by atoms with Crippen molar-refractivity contribution in [3.05, 3.63) is 40.0 Å². The first-order valence-electron chi connectivity index (χ1n) is 6.15. The van der Waals surface area contributed by atoms with Crippen molar-refractivity contribution in [3.63, 3.8) is 0 Å². The molecule has 1 unspecified atom stereocenters. The van der Waals surface area contributed by atoms with Crippen LogP contribution in [0, 0.1) is 0 Å². The number of hydrogen-bond donors (Lipinski definition) is 1. The van der Waals surface area contributed by atoms with Crippen LogP contribution in [0.15, 0.2) is 27.2 Å². The second kappa shape index (κ2) is 5.71. The number of hydrogen-bond acceptors (Lipinski definition) is 3. The number of aromatic nitrogens is 2. The van der Waals surface area contributed by atoms with Gasteiger partial charge < -0.3 is 9.52 Å². The molecule has 5 heteroatoms. The number of aliphatic hydroxyl groups excluding tert-OH is 1. The highest BCUT2D eigenvalue weighted by molar-refractivity contribution is 9.10. The predicted octanol–water partition coefficient (Wildman–Crippen LogP) is 3.29. The summed E-state index contributed by atoms with van der Waals surface area (Å²) in [5.41, 5.74) is 0.744. The Bertz CT molecular complexity index is 519. The second-order valence-electron chi connectivity index (χ2n) is 4.16. The standard InChI is InChI=1S/C13H17BrN2O2/c1-3-7-16-12(10(14)8-15-16)13(17)11-6-5-9(4-2)18-11/h5-6,8,13,17H,3-4,7H2,1-2H3. The SMILES string of the molecule is CCCn1ncc(Br)c1C(O)c1ccc(CC)o1. The Morgan fingerprint density at radius 2 is 2.22 bits per heavy atom. The number of furan rings is 1. The van der Waals surface area contributed by atoms with Gasteiger partial charge in [0.25, 0.3) is 0 Å². The molecule has 2 aromatic heterocycles. The zero-order valence-corrected chi connectivity index (χ0v) is 12.1. The van der Waals surface area contributed by atoms with E-state index in [0.29, 0.717) is 5.76 Å². The van der Waals surface area contributed by atoms with Gasteiger partial charge in [0.05, 0.1) is 16.4 Å². The van der Waals surface area contributed by atoms with E-state index >= 15 is 0 Å². The van der Waals surface area contributed by atoms with Crippen LogP contribution in [0.3, 0.4) is 0 Å². The molecule has 1 atom stereocenters. The molecule has 2 aromatic rings. The predicted molar refractivity (Wildman–Crippen MR) is 72.4 cm³/mol. The molecule has 2 heterocycles. The molecule has 2 rings (SSSR count). The smallest absolute Gasteiger partial charge is 0.154 e. The van der Waals surface area contributed by atoms with E-state index in [1.807, 2.05) is 23.7 Å². The van der Waals surface area contributed by atoms with Crippen LogP contribution in [0.5, 0.6) is 0 Å². The highest BCUT2D eigenvalue weighted by atomic mass is 79.9. The third-order valence-electron chi connectivity index (χ3n) is 2.83. The van der Waals surface area contributed by atoms with Gasteiger partial charge in [-0.15, -0.1) is 0 Å². The van der Waals surface area contributed by atoms with Crippen LogP contribution in [-0.2, 0) is 13.0 Å². The van der Waals surface area contributed by atoms with Gasteiger partial charge in [-0.05, 0) is 34.5 Å². The quantitative estimate of drug-likeness (QED) is 0.921. The summed E-state index contributed by atoms with van der Waals surface area (Å²) in [7, 11) is 0. The van der Waals surface area contributed by atoms with Crippen LogP contribution in [0.25, 0.3) is 0 Å². The Morgan fingerprint density at radius 3 is 2.83 bits per heavy atom. The van der Waals surface area contributed by atoms with Crippen LogP contribution < -0.4 is 0 Å². The van der Waals surface area contributed by atoms with Crippen LogP contribution in [0.4, 0.5) is 0 Å². The molecule has 0 spiro atoms. The molecule has 0 radical (unpaired) electrons. The van der Waals surface area contributed by atoms with Crippen LogP contribution in [-0.4, -0.2) is 14.9 Å². The molecule has 98 valence electrons. The van der Waals surface area contributed by atoms with Crippen LogP contribution >= 0.6 is 15.9 Å². The van der Waals surface area contributed by atoms with E-state index in [9.17, 15) is 5.11 Å². The molecule has 0 saturated heterocycles. The molecule has 0 aliphatic heterocycles. The van der Waals surface area contributed by atoms with Crippen LogP contribution in [0.1, 0.15) is 43.6 Å². The fourth-order valence-corrected chi connectivity index (χ4v) is 2.41. The molecule has 0 bridgehead atoms. The monoisotopic (exact) mass is 312 g/mol. The lowest BCUT2D eigenvalue weighted by Crippen LogP contribution is -2.10. The maximum absolute atomic E-state index is 10.4. The van der Waals surface area contributed by atoms with E-state index in [1.165, 1.54) is 0 Å². The van der Waals surface area contributed by atoms with Crippen molar-refractivity contribution >= 4 is 15.9 Å². The molecule has 0 aromatic carbocycles. The zero-order chi connectivity index (χ0) is 13.1. The van der Waals surface area contributed by atoms with Gasteiger partial charge in [-0.2, -0.15) is 5.10 Å². The number of halogens is 1. The topological polar surface area (TPSA) is 51.2 Å². The molecular weight excluding hydrogens is 296 g/mol. The summed E-state index contributed by atoms with van der Waals surface area (Å²) in [6.07, 6.45) is 2.71. The van der Waals surface area contributed by atoms with Crippen molar-refractivity contribution < 1.29 is 9.52 Å². The van der Waals surface area contributed by atoms with E-state index in [-0.39, 0.29) is 0 Å². The fraction of sp³-hybridized carbons (Fsp3) is 0.462. The van der Waals surface area contributed by atoms with E-state index in [2.05, 4.69) is 28.0 Å². The van der Waals surface area contributed by atoms with Crippen molar-refractivity contribution in [2.24, 2.45) is 0 Å². The Hall–Kier alpha value is -1.07. The number of rotatable bonds is 5. The summed E-state index contributed by atoms with van der Waals surface area (Å²) in [6, 6.07) is 3.71. The van der Waals surface area contributed by atoms with Crippen molar-refractivity contribution in [3.8, 4) is 0 Å². The average molecular weight is 313 g/mol. The molecule has 0 aliphatic carbocycles. The summed E-state index contributed by atoms with van der Waals surface area (Å²) >= 11 is 3.42. The van der Waals surface area contributed by atoms with Gasteiger partial charge in [-0.1, -0.05) is 13.8 Å². The molecule has 0 amide bonds. The first kappa shape index (κ1) is 13.4. The maximum atomic E-state index is 10.4. The largest absolute Gasteiger partial charge is 0.463 e. The van der Waals surface area contributed by atoms with E-state index in [1.54, 1.807) is 6.20 Å². The Morgan fingerprint density at radius 1 is 1.44 bits per heavy atom. The average Bonchev–Trinajstić information content (AvgIpc) is 2.96. The minimum absolute atomic E-state index is 0.561. The molecule has 0 saturated carbocycles. The van der Waals surface area contributed by atoms with Crippen molar-refractivity contribution in [2.45, 2.75) is 39.3 Å². The Balaban J connectivity index is 2.32. The molecule has 18 heavy (non-hydrogen) atoms.